The van der Waals surface area contributed by atoms with Crippen LogP contribution in [0, 0.1) is 47.4 Å². The molecule has 0 aromatic heterocycles. The number of carbonyl (C=O) groups is 2. The normalized spacial score (nSPS) is 8.46. The van der Waals surface area contributed by atoms with E-state index < -0.39 is 11.9 Å². The van der Waals surface area contributed by atoms with Crippen LogP contribution in [0.2, 0.25) is 0 Å². The first kappa shape index (κ1) is 23.2. The summed E-state index contributed by atoms with van der Waals surface area (Å²) in [7, 11) is 0. The van der Waals surface area contributed by atoms with Gasteiger partial charge in [-0.3, -0.25) is 0 Å². The second-order valence-electron chi connectivity index (χ2n) is 5.54. The summed E-state index contributed by atoms with van der Waals surface area (Å²) in [4.78, 5) is 20.4. The smallest absolute Gasteiger partial charge is 0.381 e. The van der Waals surface area contributed by atoms with E-state index >= 15 is 0 Å². The Labute approximate surface area is 156 Å². The van der Waals surface area contributed by atoms with Crippen LogP contribution in [0.4, 0.5) is 0 Å². The fourth-order valence-electron chi connectivity index (χ4n) is 1.91. The molecule has 0 unspecified atom stereocenters. The van der Waals surface area contributed by atoms with E-state index in [0.717, 1.165) is 64.2 Å². The maximum absolute atomic E-state index is 10.2. The average molecular weight is 354 g/mol. The van der Waals surface area contributed by atoms with E-state index in [4.69, 9.17) is 10.2 Å². The summed E-state index contributed by atoms with van der Waals surface area (Å²) in [5.41, 5.74) is 0. The van der Waals surface area contributed by atoms with Crippen LogP contribution in [0.25, 0.3) is 0 Å². The van der Waals surface area contributed by atoms with E-state index in [0.29, 0.717) is 12.8 Å². The summed E-state index contributed by atoms with van der Waals surface area (Å²) < 4.78 is 0. The molecule has 26 heavy (non-hydrogen) atoms. The van der Waals surface area contributed by atoms with Gasteiger partial charge in [0.15, 0.2) is 0 Å². The molecule has 0 fully saturated rings. The van der Waals surface area contributed by atoms with Gasteiger partial charge in [0, 0.05) is 50.4 Å². The van der Waals surface area contributed by atoms with Crippen molar-refractivity contribution >= 4 is 11.9 Å². The predicted molar refractivity (Wildman–Crippen MR) is 102 cm³/mol. The van der Waals surface area contributed by atoms with E-state index in [2.05, 4.69) is 47.4 Å². The number of unbranched alkanes of at least 4 members (excludes halogenated alkanes) is 9. The highest BCUT2D eigenvalue weighted by molar-refractivity contribution is 5.86. The number of hydrogen-bond acceptors (Lipinski definition) is 2. The lowest BCUT2D eigenvalue weighted by Crippen LogP contribution is -1.86. The predicted octanol–water partition coefficient (Wildman–Crippen LogP) is 3.85. The monoisotopic (exact) mass is 354 g/mol. The Morgan fingerprint density at radius 3 is 0.923 bits per heavy atom. The van der Waals surface area contributed by atoms with Crippen molar-refractivity contribution in [3.8, 4) is 47.4 Å². The first-order chi connectivity index (χ1) is 12.6. The molecule has 0 aliphatic rings. The van der Waals surface area contributed by atoms with Gasteiger partial charge in [0.2, 0.25) is 0 Å². The van der Waals surface area contributed by atoms with E-state index in [1.54, 1.807) is 0 Å². The molecule has 0 aromatic rings. The van der Waals surface area contributed by atoms with Crippen LogP contribution in [-0.4, -0.2) is 22.2 Å². The van der Waals surface area contributed by atoms with E-state index in [9.17, 15) is 9.59 Å². The Morgan fingerprint density at radius 2 is 0.692 bits per heavy atom. The van der Waals surface area contributed by atoms with Gasteiger partial charge in [-0.2, -0.15) is 0 Å². The van der Waals surface area contributed by atoms with Gasteiger partial charge in [0.05, 0.1) is 0 Å². The molecule has 0 atom stereocenters. The molecule has 2 N–H and O–H groups in total. The molecule has 0 spiro atoms. The van der Waals surface area contributed by atoms with Crippen molar-refractivity contribution in [3.05, 3.63) is 0 Å². The fraction of sp³-hybridized carbons (Fsp3) is 0.545. The summed E-state index contributed by atoms with van der Waals surface area (Å²) in [6.07, 6.45) is 10.5. The van der Waals surface area contributed by atoms with Gasteiger partial charge in [-0.05, 0) is 38.5 Å². The fourth-order valence-corrected chi connectivity index (χ4v) is 1.91. The zero-order chi connectivity index (χ0) is 19.3. The Morgan fingerprint density at radius 1 is 0.462 bits per heavy atom. The lowest BCUT2D eigenvalue weighted by atomic mass is 10.1. The summed E-state index contributed by atoms with van der Waals surface area (Å²) in [5, 5.41) is 16.7. The average Bonchev–Trinajstić information content (AvgIpc) is 2.59. The van der Waals surface area contributed by atoms with Crippen LogP contribution in [0.15, 0.2) is 0 Å². The second-order valence-corrected chi connectivity index (χ2v) is 5.54. The molecule has 4 nitrogen and oxygen atoms in total. The highest BCUT2D eigenvalue weighted by atomic mass is 16.4. The molecule has 4 heteroatoms. The Hall–Kier alpha value is -2.82. The van der Waals surface area contributed by atoms with Crippen molar-refractivity contribution in [2.24, 2.45) is 0 Å². The number of rotatable bonds is 9. The lowest BCUT2D eigenvalue weighted by molar-refractivity contribution is -0.131. The van der Waals surface area contributed by atoms with Gasteiger partial charge >= 0.3 is 11.9 Å². The first-order valence-corrected chi connectivity index (χ1v) is 8.98. The SMILES string of the molecule is O=C(O)C#CCCCCC#CCCCCC#CCCCCC#CC(=O)O. The van der Waals surface area contributed by atoms with Gasteiger partial charge in [0.1, 0.15) is 0 Å². The van der Waals surface area contributed by atoms with Crippen molar-refractivity contribution in [1.82, 2.24) is 0 Å². The van der Waals surface area contributed by atoms with Crippen LogP contribution in [0.3, 0.4) is 0 Å². The summed E-state index contributed by atoms with van der Waals surface area (Å²) in [5.74, 6) is 19.8. The minimum absolute atomic E-state index is 0.613. The molecule has 0 radical (unpaired) electrons. The van der Waals surface area contributed by atoms with Gasteiger partial charge in [-0.25, -0.2) is 9.59 Å². The molecule has 0 saturated heterocycles. The third-order valence-electron chi connectivity index (χ3n) is 3.20. The minimum atomic E-state index is -1.07. The van der Waals surface area contributed by atoms with E-state index in [-0.39, 0.29) is 0 Å². The summed E-state index contributed by atoms with van der Waals surface area (Å²) >= 11 is 0. The molecule has 0 amide bonds. The van der Waals surface area contributed by atoms with Crippen LogP contribution in [0.5, 0.6) is 0 Å². The highest BCUT2D eigenvalue weighted by Gasteiger charge is 1.87. The Bertz CT molecular complexity index is 600. The largest absolute Gasteiger partial charge is 0.472 e. The third-order valence-corrected chi connectivity index (χ3v) is 3.20. The zero-order valence-electron chi connectivity index (χ0n) is 15.2. The van der Waals surface area contributed by atoms with Gasteiger partial charge < -0.3 is 10.2 Å². The highest BCUT2D eigenvalue weighted by Crippen LogP contribution is 2.01. The van der Waals surface area contributed by atoms with Crippen molar-refractivity contribution in [1.29, 1.82) is 0 Å². The number of aliphatic carboxylic acids is 2. The van der Waals surface area contributed by atoms with Gasteiger partial charge in [0.25, 0.3) is 0 Å². The quantitative estimate of drug-likeness (QED) is 0.487. The maximum atomic E-state index is 10.2. The van der Waals surface area contributed by atoms with Gasteiger partial charge in [-0.1, -0.05) is 11.8 Å². The Balaban J connectivity index is 3.40. The molecule has 138 valence electrons. The number of carboxylic acid groups (broad SMARTS) is 2. The van der Waals surface area contributed by atoms with E-state index in [1.165, 1.54) is 0 Å². The zero-order valence-corrected chi connectivity index (χ0v) is 15.2. The van der Waals surface area contributed by atoms with Crippen LogP contribution in [-0.2, 0) is 9.59 Å². The molecular weight excluding hydrogens is 328 g/mol. The number of hydrogen-bond donors (Lipinski definition) is 2. The molecule has 0 bridgehead atoms. The third kappa shape index (κ3) is 21.2. The van der Waals surface area contributed by atoms with Gasteiger partial charge in [-0.15, -0.1) is 23.7 Å². The topological polar surface area (TPSA) is 74.6 Å². The first-order valence-electron chi connectivity index (χ1n) is 8.98. The number of carboxylic acids is 2. The Kier molecular flexibility index (Phi) is 16.5. The standard InChI is InChI=1S/C22H26O4/c23-21(24)19-17-15-13-11-9-7-5-3-1-2-4-6-8-10-12-14-16-18-20-22(25)26/h1-4,9-16H2,(H,23,24)(H,25,26). The molecule has 0 aliphatic heterocycles. The molecule has 0 aromatic carbocycles. The van der Waals surface area contributed by atoms with Crippen LogP contribution >= 0.6 is 0 Å². The molecular formula is C22H26O4. The molecule has 0 heterocycles. The van der Waals surface area contributed by atoms with Crippen molar-refractivity contribution in [2.75, 3.05) is 0 Å². The summed E-state index contributed by atoms with van der Waals surface area (Å²) in [6, 6.07) is 0. The van der Waals surface area contributed by atoms with E-state index in [1.807, 2.05) is 0 Å². The van der Waals surface area contributed by atoms with Crippen LogP contribution < -0.4 is 0 Å². The maximum Gasteiger partial charge on any atom is 0.381 e. The molecule has 0 rings (SSSR count). The van der Waals surface area contributed by atoms with Crippen molar-refractivity contribution in [3.63, 3.8) is 0 Å². The minimum Gasteiger partial charge on any atom is -0.472 e. The molecule has 0 aliphatic carbocycles. The summed E-state index contributed by atoms with van der Waals surface area (Å²) in [6.45, 7) is 0. The van der Waals surface area contributed by atoms with Crippen LogP contribution in [0.1, 0.15) is 77.0 Å². The molecule has 0 saturated carbocycles. The lowest BCUT2D eigenvalue weighted by Gasteiger charge is -1.91. The van der Waals surface area contributed by atoms with Crippen molar-refractivity contribution in [2.45, 2.75) is 77.0 Å². The second kappa shape index (κ2) is 18.5. The van der Waals surface area contributed by atoms with Crippen molar-refractivity contribution < 1.29 is 19.8 Å².